The van der Waals surface area contributed by atoms with Crippen LogP contribution in [0.3, 0.4) is 0 Å². The Kier molecular flexibility index (Phi) is 14.7. The number of benzene rings is 1. The van der Waals surface area contributed by atoms with Crippen LogP contribution in [0.1, 0.15) is 45.7 Å². The summed E-state index contributed by atoms with van der Waals surface area (Å²) < 4.78 is 0. The Morgan fingerprint density at radius 2 is 1.26 bits per heavy atom. The predicted molar refractivity (Wildman–Crippen MR) is 105 cm³/mol. The maximum Gasteiger partial charge on any atom is 0.159 e. The molecule has 0 saturated heterocycles. The summed E-state index contributed by atoms with van der Waals surface area (Å²) in [5.74, 6) is 0.788. The lowest BCUT2D eigenvalue weighted by molar-refractivity contribution is 1.14. The molecule has 0 amide bonds. The Morgan fingerprint density at radius 1 is 0.870 bits per heavy atom. The van der Waals surface area contributed by atoms with Crippen molar-refractivity contribution in [3.63, 3.8) is 0 Å². The molecule has 0 spiro atoms. The lowest BCUT2D eigenvalue weighted by Gasteiger charge is -2.00. The smallest absolute Gasteiger partial charge is 0.159 e. The topological polar surface area (TPSA) is 25.8 Å². The van der Waals surface area contributed by atoms with E-state index in [2.05, 4.69) is 42.2 Å². The van der Waals surface area contributed by atoms with E-state index in [9.17, 15) is 0 Å². The minimum absolute atomic E-state index is 0.788. The van der Waals surface area contributed by atoms with Crippen molar-refractivity contribution in [3.05, 3.63) is 72.6 Å². The number of aryl methyl sites for hydroxylation is 2. The number of hydrogen-bond donors (Lipinski definition) is 0. The standard InChI is InChI=1S/C12H12N2.C5H8.2C2H6/c1-9-3-5-11(6-4-9)12-13-7-10(2)8-14-12;1-4-5(2)3;2*1-2/h3-8H,1-2H3;4H,1-2H2,3H3;2*1-2H3. The van der Waals surface area contributed by atoms with Gasteiger partial charge < -0.3 is 0 Å². The molecule has 1 aromatic carbocycles. The summed E-state index contributed by atoms with van der Waals surface area (Å²) in [5, 5.41) is 0. The third-order valence-corrected chi connectivity index (χ3v) is 2.44. The van der Waals surface area contributed by atoms with E-state index in [1.165, 1.54) is 5.56 Å². The van der Waals surface area contributed by atoms with Crippen LogP contribution in [0.4, 0.5) is 0 Å². The molecule has 1 heterocycles. The Labute approximate surface area is 143 Å². The molecule has 0 saturated carbocycles. The number of nitrogens with zero attached hydrogens (tertiary/aromatic N) is 2. The fourth-order valence-corrected chi connectivity index (χ4v) is 1.24. The highest BCUT2D eigenvalue weighted by atomic mass is 14.9. The summed E-state index contributed by atoms with van der Waals surface area (Å²) in [7, 11) is 0. The minimum atomic E-state index is 0.788. The van der Waals surface area contributed by atoms with E-state index in [0.717, 1.165) is 22.5 Å². The van der Waals surface area contributed by atoms with Gasteiger partial charge in [0.1, 0.15) is 0 Å². The molecule has 2 nitrogen and oxygen atoms in total. The SMILES string of the molecule is C=CC(=C)C.CC.CC.Cc1ccc(-c2ncc(C)cn2)cc1. The lowest BCUT2D eigenvalue weighted by Crippen LogP contribution is -1.88. The van der Waals surface area contributed by atoms with Gasteiger partial charge in [0, 0.05) is 18.0 Å². The molecule has 0 N–H and O–H groups in total. The molecule has 2 heteroatoms. The third kappa shape index (κ3) is 11.1. The van der Waals surface area contributed by atoms with Crippen LogP contribution in [0.25, 0.3) is 11.4 Å². The van der Waals surface area contributed by atoms with Crippen molar-refractivity contribution in [2.24, 2.45) is 0 Å². The maximum absolute atomic E-state index is 4.27. The van der Waals surface area contributed by atoms with Crippen LogP contribution < -0.4 is 0 Å². The molecule has 0 radical (unpaired) electrons. The zero-order chi connectivity index (χ0) is 18.3. The highest BCUT2D eigenvalue weighted by Crippen LogP contribution is 2.14. The molecule has 0 fully saturated rings. The first-order chi connectivity index (χ1) is 11.0. The van der Waals surface area contributed by atoms with Crippen LogP contribution in [0.5, 0.6) is 0 Å². The van der Waals surface area contributed by atoms with Gasteiger partial charge in [0.15, 0.2) is 5.82 Å². The van der Waals surface area contributed by atoms with Gasteiger partial charge in [-0.3, -0.25) is 0 Å². The molecule has 2 rings (SSSR count). The summed E-state index contributed by atoms with van der Waals surface area (Å²) in [6.45, 7) is 21.0. The van der Waals surface area contributed by atoms with E-state index in [-0.39, 0.29) is 0 Å². The van der Waals surface area contributed by atoms with Crippen LogP contribution in [0.15, 0.2) is 61.5 Å². The molecule has 2 aromatic rings. The zero-order valence-electron chi connectivity index (χ0n) is 15.9. The second kappa shape index (κ2) is 14.7. The molecule has 0 aliphatic heterocycles. The van der Waals surface area contributed by atoms with Gasteiger partial charge in [-0.25, -0.2) is 9.97 Å². The van der Waals surface area contributed by atoms with E-state index in [4.69, 9.17) is 0 Å². The van der Waals surface area contributed by atoms with Crippen molar-refractivity contribution < 1.29 is 0 Å². The normalized spacial score (nSPS) is 8.13. The minimum Gasteiger partial charge on any atom is -0.236 e. The molecular formula is C21H32N2. The first-order valence-electron chi connectivity index (χ1n) is 8.16. The molecule has 0 aliphatic rings. The van der Waals surface area contributed by atoms with Gasteiger partial charge in [0.05, 0.1) is 0 Å². The Balaban J connectivity index is 0. The molecule has 0 unspecified atom stereocenters. The number of rotatable bonds is 2. The van der Waals surface area contributed by atoms with Crippen molar-refractivity contribution in [3.8, 4) is 11.4 Å². The molecular weight excluding hydrogens is 280 g/mol. The van der Waals surface area contributed by atoms with Crippen molar-refractivity contribution >= 4 is 0 Å². The first-order valence-corrected chi connectivity index (χ1v) is 8.16. The summed E-state index contributed by atoms with van der Waals surface area (Å²) in [5.41, 5.74) is 4.42. The van der Waals surface area contributed by atoms with Gasteiger partial charge in [0.25, 0.3) is 0 Å². The number of aromatic nitrogens is 2. The molecule has 1 aromatic heterocycles. The van der Waals surface area contributed by atoms with Crippen molar-refractivity contribution in [2.45, 2.75) is 48.5 Å². The average Bonchev–Trinajstić information content (AvgIpc) is 2.60. The van der Waals surface area contributed by atoms with Crippen LogP contribution in [-0.4, -0.2) is 9.97 Å². The quantitative estimate of drug-likeness (QED) is 0.587. The Hall–Kier alpha value is -2.22. The van der Waals surface area contributed by atoms with Crippen LogP contribution in [0, 0.1) is 13.8 Å². The summed E-state index contributed by atoms with van der Waals surface area (Å²) in [6.07, 6.45) is 5.39. The second-order valence-corrected chi connectivity index (χ2v) is 4.50. The predicted octanol–water partition coefficient (Wildman–Crippen LogP) is 6.56. The van der Waals surface area contributed by atoms with E-state index < -0.39 is 0 Å². The van der Waals surface area contributed by atoms with Crippen molar-refractivity contribution in [2.75, 3.05) is 0 Å². The fraction of sp³-hybridized carbons (Fsp3) is 0.333. The number of hydrogen-bond acceptors (Lipinski definition) is 2. The van der Waals surface area contributed by atoms with E-state index in [1.54, 1.807) is 6.08 Å². The van der Waals surface area contributed by atoms with Gasteiger partial charge in [0.2, 0.25) is 0 Å². The maximum atomic E-state index is 4.27. The Bertz CT molecular complexity index is 494. The van der Waals surface area contributed by atoms with E-state index in [0.29, 0.717) is 0 Å². The monoisotopic (exact) mass is 312 g/mol. The molecule has 0 bridgehead atoms. The fourth-order valence-electron chi connectivity index (χ4n) is 1.24. The van der Waals surface area contributed by atoms with E-state index >= 15 is 0 Å². The van der Waals surface area contributed by atoms with Crippen LogP contribution >= 0.6 is 0 Å². The van der Waals surface area contributed by atoms with Gasteiger partial charge >= 0.3 is 0 Å². The summed E-state index contributed by atoms with van der Waals surface area (Å²) in [4.78, 5) is 8.53. The third-order valence-electron chi connectivity index (χ3n) is 2.44. The van der Waals surface area contributed by atoms with E-state index in [1.807, 2.05) is 66.1 Å². The lowest BCUT2D eigenvalue weighted by atomic mass is 10.1. The highest BCUT2D eigenvalue weighted by Gasteiger charge is 1.98. The average molecular weight is 313 g/mol. The van der Waals surface area contributed by atoms with Gasteiger partial charge in [-0.2, -0.15) is 0 Å². The van der Waals surface area contributed by atoms with Crippen molar-refractivity contribution in [1.82, 2.24) is 9.97 Å². The largest absolute Gasteiger partial charge is 0.236 e. The summed E-state index contributed by atoms with van der Waals surface area (Å²) in [6, 6.07) is 8.22. The molecule has 0 atom stereocenters. The Morgan fingerprint density at radius 3 is 1.61 bits per heavy atom. The summed E-state index contributed by atoms with van der Waals surface area (Å²) >= 11 is 0. The highest BCUT2D eigenvalue weighted by molar-refractivity contribution is 5.54. The molecule has 126 valence electrons. The van der Waals surface area contributed by atoms with Crippen LogP contribution in [-0.2, 0) is 0 Å². The van der Waals surface area contributed by atoms with Gasteiger partial charge in [-0.05, 0) is 26.3 Å². The first kappa shape index (κ1) is 23.1. The zero-order valence-corrected chi connectivity index (χ0v) is 15.9. The molecule has 23 heavy (non-hydrogen) atoms. The van der Waals surface area contributed by atoms with Gasteiger partial charge in [-0.1, -0.05) is 82.3 Å². The second-order valence-electron chi connectivity index (χ2n) is 4.50. The molecule has 0 aliphatic carbocycles. The van der Waals surface area contributed by atoms with Crippen LogP contribution in [0.2, 0.25) is 0 Å². The van der Waals surface area contributed by atoms with Gasteiger partial charge in [-0.15, -0.1) is 0 Å². The number of allylic oxidation sites excluding steroid dienone is 2. The van der Waals surface area contributed by atoms with Crippen molar-refractivity contribution in [1.29, 1.82) is 0 Å².